The Hall–Kier alpha value is -4.02. The number of thioether (sulfide) groups is 1. The number of benzene rings is 3. The molecular weight excluding hydrogens is 710 g/mol. The number of rotatable bonds is 11. The van der Waals surface area contributed by atoms with E-state index in [0.717, 1.165) is 43.1 Å². The molecule has 2 fully saturated rings. The highest BCUT2D eigenvalue weighted by Gasteiger charge is 2.34. The van der Waals surface area contributed by atoms with E-state index in [2.05, 4.69) is 10.2 Å². The number of amides is 2. The van der Waals surface area contributed by atoms with Crippen molar-refractivity contribution >= 4 is 69.4 Å². The predicted octanol–water partition coefficient (Wildman–Crippen LogP) is 6.80. The van der Waals surface area contributed by atoms with Crippen LogP contribution in [-0.4, -0.2) is 83.0 Å². The zero-order valence-corrected chi connectivity index (χ0v) is 27.9. The number of carboxylic acid groups (broad SMARTS) is 1. The molecule has 2 saturated heterocycles. The number of alkyl halides is 3. The van der Waals surface area contributed by atoms with E-state index in [1.165, 1.54) is 23.1 Å². The molecule has 0 aliphatic carbocycles. The van der Waals surface area contributed by atoms with Crippen molar-refractivity contribution in [3.05, 3.63) is 87.0 Å². The molecular formula is C33H28ClF4N3O6S2. The second-order valence-corrected chi connectivity index (χ2v) is 13.0. The number of hydrogen-bond acceptors (Lipinski definition) is 8. The van der Waals surface area contributed by atoms with Crippen LogP contribution in [0.1, 0.15) is 27.9 Å². The number of carboxylic acids is 1. The molecule has 49 heavy (non-hydrogen) atoms. The number of nitrogens with one attached hydrogen (secondary N) is 1. The highest BCUT2D eigenvalue weighted by molar-refractivity contribution is 8.26. The molecule has 0 unspecified atom stereocenters. The van der Waals surface area contributed by atoms with Gasteiger partial charge in [0.1, 0.15) is 22.5 Å². The molecule has 5 rings (SSSR count). The minimum atomic E-state index is -4.61. The van der Waals surface area contributed by atoms with Gasteiger partial charge in [0.15, 0.2) is 0 Å². The fraction of sp³-hybridized carbons (Fsp3) is 0.273. The van der Waals surface area contributed by atoms with E-state index in [1.807, 2.05) is 0 Å². The van der Waals surface area contributed by atoms with Gasteiger partial charge in [0, 0.05) is 43.9 Å². The Morgan fingerprint density at radius 2 is 1.78 bits per heavy atom. The maximum atomic E-state index is 14.0. The molecule has 16 heteroatoms. The molecule has 3 aromatic carbocycles. The van der Waals surface area contributed by atoms with Crippen LogP contribution >= 0.6 is 35.6 Å². The second kappa shape index (κ2) is 15.7. The smallest absolute Gasteiger partial charge is 0.417 e. The molecule has 0 bridgehead atoms. The zero-order valence-electron chi connectivity index (χ0n) is 25.5. The van der Waals surface area contributed by atoms with E-state index in [1.54, 1.807) is 24.3 Å². The van der Waals surface area contributed by atoms with Gasteiger partial charge >= 0.3 is 12.1 Å². The lowest BCUT2D eigenvalue weighted by atomic mass is 10.0. The first-order valence-corrected chi connectivity index (χ1v) is 16.4. The summed E-state index contributed by atoms with van der Waals surface area (Å²) in [6.45, 7) is 3.63. The van der Waals surface area contributed by atoms with E-state index >= 15 is 0 Å². The lowest BCUT2D eigenvalue weighted by Gasteiger charge is -2.26. The fourth-order valence-corrected chi connectivity index (χ4v) is 6.63. The summed E-state index contributed by atoms with van der Waals surface area (Å²) >= 11 is 12.4. The van der Waals surface area contributed by atoms with Crippen molar-refractivity contribution in [3.63, 3.8) is 0 Å². The number of anilines is 1. The van der Waals surface area contributed by atoms with Gasteiger partial charge in [-0.2, -0.15) is 13.2 Å². The van der Waals surface area contributed by atoms with Crippen molar-refractivity contribution in [1.82, 2.24) is 9.80 Å². The van der Waals surface area contributed by atoms with E-state index in [9.17, 15) is 31.9 Å². The summed E-state index contributed by atoms with van der Waals surface area (Å²) in [6, 6.07) is 11.6. The van der Waals surface area contributed by atoms with E-state index in [4.69, 9.17) is 38.4 Å². The fourth-order valence-electron chi connectivity index (χ4n) is 5.04. The highest BCUT2D eigenvalue weighted by atomic mass is 35.5. The minimum Gasteiger partial charge on any atom is -0.492 e. The van der Waals surface area contributed by atoms with Gasteiger partial charge in [0.25, 0.3) is 5.91 Å². The topological polar surface area (TPSA) is 108 Å². The summed E-state index contributed by atoms with van der Waals surface area (Å²) in [5.74, 6) is -3.05. The molecule has 0 spiro atoms. The molecule has 2 aliphatic rings. The first kappa shape index (κ1) is 36.3. The van der Waals surface area contributed by atoms with Crippen LogP contribution in [0.25, 0.3) is 17.2 Å². The Bertz CT molecular complexity index is 1820. The molecule has 0 aromatic heterocycles. The lowest BCUT2D eigenvalue weighted by Crippen LogP contribution is -2.38. The normalized spacial score (nSPS) is 16.3. The summed E-state index contributed by atoms with van der Waals surface area (Å²) in [5.41, 5.74) is -0.0248. The number of hydrogen-bond donors (Lipinski definition) is 2. The zero-order chi connectivity index (χ0) is 35.3. The third-order valence-corrected chi connectivity index (χ3v) is 9.28. The Morgan fingerprint density at radius 3 is 2.45 bits per heavy atom. The van der Waals surface area contributed by atoms with Crippen LogP contribution in [0.2, 0.25) is 5.02 Å². The van der Waals surface area contributed by atoms with Gasteiger partial charge in [-0.15, -0.1) is 0 Å². The number of carbonyl (C=O) groups is 3. The average Bonchev–Trinajstić information content (AvgIpc) is 3.31. The van der Waals surface area contributed by atoms with Gasteiger partial charge in [-0.25, -0.2) is 9.18 Å². The largest absolute Gasteiger partial charge is 0.492 e. The number of halogens is 5. The number of morpholine rings is 1. The van der Waals surface area contributed by atoms with Crippen molar-refractivity contribution in [3.8, 4) is 16.9 Å². The summed E-state index contributed by atoms with van der Waals surface area (Å²) in [7, 11) is 0. The Kier molecular flexibility index (Phi) is 11.6. The van der Waals surface area contributed by atoms with Crippen LogP contribution in [0.3, 0.4) is 0 Å². The van der Waals surface area contributed by atoms with Crippen LogP contribution in [0.4, 0.5) is 23.2 Å². The predicted molar refractivity (Wildman–Crippen MR) is 181 cm³/mol. The van der Waals surface area contributed by atoms with Gasteiger partial charge in [-0.05, 0) is 59.7 Å². The Balaban J connectivity index is 1.33. The number of nitrogens with zero attached hydrogens (tertiary/aromatic N) is 2. The summed E-state index contributed by atoms with van der Waals surface area (Å²) in [4.78, 5) is 40.7. The van der Waals surface area contributed by atoms with Gasteiger partial charge in [-0.3, -0.25) is 19.4 Å². The SMILES string of the molecule is O=C(CCN1C(=O)/C(=C/c2cc(-c3ccc(C(F)(F)F)c(Cl)c3)ccc2OCCN2CCOCC2)SC1=S)Nc1ccc(C(=O)O)c(F)c1. The first-order chi connectivity index (χ1) is 23.3. The number of thiocarbonyl (C=S) groups is 1. The van der Waals surface area contributed by atoms with Crippen molar-refractivity contribution in [1.29, 1.82) is 0 Å². The van der Waals surface area contributed by atoms with E-state index in [0.29, 0.717) is 48.8 Å². The van der Waals surface area contributed by atoms with Crippen molar-refractivity contribution in [2.75, 3.05) is 51.3 Å². The second-order valence-electron chi connectivity index (χ2n) is 10.9. The quantitative estimate of drug-likeness (QED) is 0.125. The minimum absolute atomic E-state index is 0.0492. The van der Waals surface area contributed by atoms with Crippen LogP contribution < -0.4 is 10.1 Å². The first-order valence-electron chi connectivity index (χ1n) is 14.8. The van der Waals surface area contributed by atoms with E-state index in [-0.39, 0.29) is 27.9 Å². The molecule has 2 aliphatic heterocycles. The van der Waals surface area contributed by atoms with Gasteiger partial charge < -0.3 is 19.9 Å². The third kappa shape index (κ3) is 9.16. The van der Waals surface area contributed by atoms with Gasteiger partial charge in [0.05, 0.1) is 34.3 Å². The Labute approximate surface area is 292 Å². The van der Waals surface area contributed by atoms with Crippen molar-refractivity contribution < 1.29 is 46.5 Å². The summed E-state index contributed by atoms with van der Waals surface area (Å²) in [6.07, 6.45) is -3.23. The molecule has 2 N–H and O–H groups in total. The molecule has 0 atom stereocenters. The van der Waals surface area contributed by atoms with Crippen LogP contribution in [-0.2, 0) is 20.5 Å². The number of aromatic carboxylic acids is 1. The Morgan fingerprint density at radius 1 is 1.06 bits per heavy atom. The standard InChI is InChI=1S/C33H28ClF4N3O6S2/c34-25-16-20(1-5-24(25)33(36,37)38)19-2-6-27(47-14-11-40-9-12-46-13-10-40)21(15-19)17-28-30(43)41(32(48)49-28)8-7-29(42)39-22-3-4-23(31(44)45)26(35)18-22/h1-6,15-18H,7-14H2,(H,39,42)(H,44,45)/b28-17-. The van der Waals surface area contributed by atoms with Crippen LogP contribution in [0, 0.1) is 5.82 Å². The summed E-state index contributed by atoms with van der Waals surface area (Å²) in [5, 5.41) is 11.0. The van der Waals surface area contributed by atoms with Crippen LogP contribution in [0.5, 0.6) is 5.75 Å². The summed E-state index contributed by atoms with van der Waals surface area (Å²) < 4.78 is 65.6. The monoisotopic (exact) mass is 737 g/mol. The van der Waals surface area contributed by atoms with Crippen molar-refractivity contribution in [2.45, 2.75) is 12.6 Å². The molecule has 2 heterocycles. The molecule has 2 amide bonds. The highest BCUT2D eigenvalue weighted by Crippen LogP contribution is 2.39. The maximum Gasteiger partial charge on any atom is 0.417 e. The third-order valence-electron chi connectivity index (χ3n) is 7.59. The van der Waals surface area contributed by atoms with Crippen LogP contribution in [0.15, 0.2) is 59.5 Å². The van der Waals surface area contributed by atoms with Crippen molar-refractivity contribution in [2.24, 2.45) is 0 Å². The molecule has 0 saturated carbocycles. The molecule has 258 valence electrons. The van der Waals surface area contributed by atoms with Gasteiger partial charge in [-0.1, -0.05) is 47.7 Å². The molecule has 3 aromatic rings. The lowest BCUT2D eigenvalue weighted by molar-refractivity contribution is -0.137. The van der Waals surface area contributed by atoms with Gasteiger partial charge in [0.2, 0.25) is 5.91 Å². The number of ether oxygens (including phenoxy) is 2. The molecule has 0 radical (unpaired) electrons. The maximum absolute atomic E-state index is 14.0. The van der Waals surface area contributed by atoms with E-state index < -0.39 is 45.9 Å². The average molecular weight is 738 g/mol. The molecule has 9 nitrogen and oxygen atoms in total. The number of carbonyl (C=O) groups excluding carboxylic acids is 2.